The topological polar surface area (TPSA) is 0 Å². The maximum absolute atomic E-state index is 4.60. The molecule has 0 radical (unpaired) electrons. The molecule has 0 unspecified atom stereocenters. The van der Waals surface area contributed by atoms with E-state index in [-0.39, 0.29) is 0 Å². The molecule has 0 spiro atoms. The molecule has 0 heterocycles. The third kappa shape index (κ3) is 1830. The summed E-state index contributed by atoms with van der Waals surface area (Å²) in [5.74, 6) is 3.13. The lowest BCUT2D eigenvalue weighted by atomic mass is 10.2. The predicted octanol–water partition coefficient (Wildman–Crippen LogP) is 11.7. The van der Waals surface area contributed by atoms with Crippen molar-refractivity contribution in [2.45, 2.75) is 158 Å². The second-order valence-corrected chi connectivity index (χ2v) is 3.09. The highest BCUT2D eigenvalue weighted by atomic mass is 13.9. The van der Waals surface area contributed by atoms with Crippen molar-refractivity contribution >= 4 is 0 Å². The van der Waals surface area contributed by atoms with Crippen molar-refractivity contribution in [3.8, 4) is 12.3 Å². The van der Waals surface area contributed by atoms with E-state index in [0.717, 1.165) is 5.92 Å². The van der Waals surface area contributed by atoms with E-state index in [2.05, 4.69) is 47.0 Å². The minimum absolute atomic E-state index is 0.884. The fourth-order valence-electron chi connectivity index (χ4n) is 0. The number of rotatable bonds is 2. The van der Waals surface area contributed by atoms with Crippen LogP contribution in [0.2, 0.25) is 0 Å². The Morgan fingerprint density at radius 1 is 0.538 bits per heavy atom. The van der Waals surface area contributed by atoms with Crippen LogP contribution in [0.3, 0.4) is 0 Å². The van der Waals surface area contributed by atoms with Gasteiger partial charge in [0.15, 0.2) is 0 Å². The largest absolute Gasteiger partial charge is 0.120 e. The van der Waals surface area contributed by atoms with Gasteiger partial charge in [-0.3, -0.25) is 0 Å². The molecule has 0 aromatic carbocycles. The Kier molecular flexibility index (Phi) is 776. The number of terminal acetylenes is 1. The Labute approximate surface area is 176 Å². The summed E-state index contributed by atoms with van der Waals surface area (Å²) >= 11 is 0. The van der Waals surface area contributed by atoms with Crippen molar-refractivity contribution in [3.05, 3.63) is 0 Å². The zero-order valence-corrected chi connectivity index (χ0v) is 23.8. The molecule has 0 bridgehead atoms. The van der Waals surface area contributed by atoms with E-state index in [0.29, 0.717) is 0 Å². The van der Waals surface area contributed by atoms with Crippen LogP contribution < -0.4 is 0 Å². The molecule has 0 aliphatic rings. The molecule has 172 valence electrons. The highest BCUT2D eigenvalue weighted by molar-refractivity contribution is 4.73. The third-order valence-electron chi connectivity index (χ3n) is 1.32. The standard InChI is InChI=1S/C5H12.C4H10.C3H4.7C2H6/c1-4-5(2)3;1-3-4-2;1-3-2;7*1-2/h5H,4H2,1-3H3;3-4H2,1-2H3;1H,2H3;7*1-2H3. The van der Waals surface area contributed by atoms with Crippen LogP contribution in [-0.2, 0) is 0 Å². The second-order valence-electron chi connectivity index (χ2n) is 3.09. The summed E-state index contributed by atoms with van der Waals surface area (Å²) in [6.45, 7) is 40.7. The van der Waals surface area contributed by atoms with Crippen LogP contribution in [-0.4, -0.2) is 0 Å². The molecule has 0 amide bonds. The summed E-state index contributed by atoms with van der Waals surface area (Å²) < 4.78 is 0. The van der Waals surface area contributed by atoms with Gasteiger partial charge in [-0.25, -0.2) is 0 Å². The summed E-state index contributed by atoms with van der Waals surface area (Å²) in [6.07, 6.45) is 8.54. The summed E-state index contributed by atoms with van der Waals surface area (Å²) in [7, 11) is 0. The molecule has 0 aromatic rings. The Hall–Kier alpha value is -0.440. The maximum atomic E-state index is 4.60. The smallest absolute Gasteiger partial charge is 0.00297 e. The van der Waals surface area contributed by atoms with E-state index in [4.69, 9.17) is 0 Å². The van der Waals surface area contributed by atoms with Crippen LogP contribution in [0.15, 0.2) is 0 Å². The zero-order chi connectivity index (χ0) is 24.4. The molecule has 0 fully saturated rings. The van der Waals surface area contributed by atoms with Crippen molar-refractivity contribution in [1.82, 2.24) is 0 Å². The van der Waals surface area contributed by atoms with Gasteiger partial charge >= 0.3 is 0 Å². The molecule has 0 nitrogen and oxygen atoms in total. The number of unbranched alkanes of at least 4 members (excludes halogenated alkanes) is 1. The van der Waals surface area contributed by atoms with Crippen molar-refractivity contribution < 1.29 is 0 Å². The van der Waals surface area contributed by atoms with Gasteiger partial charge in [-0.05, 0) is 12.8 Å². The Bertz CT molecular complexity index is 72.5. The molecule has 0 saturated heterocycles. The minimum Gasteiger partial charge on any atom is -0.120 e. The SMILES string of the molecule is C#CC.CC.CC.CC.CC.CC.CC.CC.CCC(C)C.CCCC. The Morgan fingerprint density at radius 3 is 0.615 bits per heavy atom. The van der Waals surface area contributed by atoms with E-state index >= 15 is 0 Å². The highest BCUT2D eigenvalue weighted by Crippen LogP contribution is 1.93. The average molecular weight is 381 g/mol. The van der Waals surface area contributed by atoms with Crippen LogP contribution in [0.4, 0.5) is 0 Å². The first-order chi connectivity index (χ1) is 12.6. The molecule has 26 heavy (non-hydrogen) atoms. The van der Waals surface area contributed by atoms with Crippen LogP contribution >= 0.6 is 0 Å². The molecule has 0 N–H and O–H groups in total. The van der Waals surface area contributed by atoms with Gasteiger partial charge in [0.2, 0.25) is 0 Å². The van der Waals surface area contributed by atoms with Crippen LogP contribution in [0, 0.1) is 18.3 Å². The van der Waals surface area contributed by atoms with E-state index in [1.54, 1.807) is 6.92 Å². The third-order valence-corrected chi connectivity index (χ3v) is 1.32. The Morgan fingerprint density at radius 2 is 0.615 bits per heavy atom. The van der Waals surface area contributed by atoms with Gasteiger partial charge in [0, 0.05) is 0 Å². The molecular weight excluding hydrogens is 312 g/mol. The molecule has 0 aromatic heterocycles. The zero-order valence-electron chi connectivity index (χ0n) is 23.8. The minimum atomic E-state index is 0.884. The molecule has 0 aliphatic carbocycles. The number of hydrogen-bond acceptors (Lipinski definition) is 0. The molecule has 0 atom stereocenters. The lowest BCUT2D eigenvalue weighted by Gasteiger charge is -1.90. The molecule has 0 rings (SSSR count). The molecule has 0 saturated carbocycles. The van der Waals surface area contributed by atoms with E-state index in [1.165, 1.54) is 19.3 Å². The second kappa shape index (κ2) is 317. The summed E-state index contributed by atoms with van der Waals surface area (Å²) in [5.41, 5.74) is 0. The predicted molar refractivity (Wildman–Crippen MR) is 140 cm³/mol. The lowest BCUT2D eigenvalue weighted by molar-refractivity contribution is 0.626. The summed E-state index contributed by atoms with van der Waals surface area (Å²) in [4.78, 5) is 0. The lowest BCUT2D eigenvalue weighted by Crippen LogP contribution is -1.77. The van der Waals surface area contributed by atoms with Crippen molar-refractivity contribution in [3.63, 3.8) is 0 Å². The van der Waals surface area contributed by atoms with Gasteiger partial charge < -0.3 is 0 Å². The Balaban J connectivity index is -0.0000000141. The normalized spacial score (nSPS) is 4.92. The van der Waals surface area contributed by atoms with Gasteiger partial charge in [-0.2, -0.15) is 0 Å². The summed E-state index contributed by atoms with van der Waals surface area (Å²) in [6, 6.07) is 0. The molecule has 0 aliphatic heterocycles. The van der Waals surface area contributed by atoms with Gasteiger partial charge in [-0.1, -0.05) is 151 Å². The maximum Gasteiger partial charge on any atom is -0.00297 e. The highest BCUT2D eigenvalue weighted by Gasteiger charge is 1.80. The van der Waals surface area contributed by atoms with Crippen LogP contribution in [0.25, 0.3) is 0 Å². The fraction of sp³-hybridized carbons (Fsp3) is 0.923. The first kappa shape index (κ1) is 63.7. The van der Waals surface area contributed by atoms with Gasteiger partial charge in [0.25, 0.3) is 0 Å². The monoisotopic (exact) mass is 381 g/mol. The van der Waals surface area contributed by atoms with E-state index < -0.39 is 0 Å². The van der Waals surface area contributed by atoms with Crippen molar-refractivity contribution in [2.75, 3.05) is 0 Å². The quantitative estimate of drug-likeness (QED) is 0.418. The first-order valence-corrected chi connectivity index (χ1v) is 12.0. The molecular formula is C26H68. The first-order valence-electron chi connectivity index (χ1n) is 12.0. The summed E-state index contributed by atoms with van der Waals surface area (Å²) in [5, 5.41) is 0. The van der Waals surface area contributed by atoms with Gasteiger partial charge in [0.1, 0.15) is 0 Å². The number of hydrogen-bond donors (Lipinski definition) is 0. The van der Waals surface area contributed by atoms with Crippen molar-refractivity contribution in [1.29, 1.82) is 0 Å². The van der Waals surface area contributed by atoms with Gasteiger partial charge in [-0.15, -0.1) is 12.3 Å². The van der Waals surface area contributed by atoms with E-state index in [9.17, 15) is 0 Å². The van der Waals surface area contributed by atoms with E-state index in [1.807, 2.05) is 96.9 Å². The fourth-order valence-corrected chi connectivity index (χ4v) is 0. The van der Waals surface area contributed by atoms with Crippen molar-refractivity contribution in [2.24, 2.45) is 5.92 Å². The van der Waals surface area contributed by atoms with Crippen LogP contribution in [0.5, 0.6) is 0 Å². The van der Waals surface area contributed by atoms with Crippen LogP contribution in [0.1, 0.15) is 158 Å². The average Bonchev–Trinajstić information content (AvgIpc) is 2.78. The molecule has 0 heteroatoms. The van der Waals surface area contributed by atoms with Gasteiger partial charge in [0.05, 0.1) is 0 Å².